The normalized spacial score (nSPS) is 17.3. The van der Waals surface area contributed by atoms with E-state index in [9.17, 15) is 14.7 Å². The zero-order valence-corrected chi connectivity index (χ0v) is 13.4. The van der Waals surface area contributed by atoms with Crippen molar-refractivity contribution in [2.75, 3.05) is 6.54 Å². The number of hydrogen-bond donors (Lipinski definition) is 2. The van der Waals surface area contributed by atoms with Crippen LogP contribution in [0.3, 0.4) is 0 Å². The summed E-state index contributed by atoms with van der Waals surface area (Å²) in [4.78, 5) is 28.9. The third kappa shape index (κ3) is 3.70. The molecule has 0 saturated heterocycles. The molecule has 0 spiro atoms. The van der Waals surface area contributed by atoms with E-state index in [-0.39, 0.29) is 12.5 Å². The van der Waals surface area contributed by atoms with E-state index in [1.807, 2.05) is 44.2 Å². The molecular weight excluding hydrogens is 296 g/mol. The molecule has 1 heterocycles. The second-order valence-corrected chi connectivity index (χ2v) is 5.71. The van der Waals surface area contributed by atoms with Gasteiger partial charge in [-0.25, -0.2) is 0 Å². The molecule has 0 aromatic heterocycles. The maximum Gasteiger partial charge on any atom is 0.311 e. The highest BCUT2D eigenvalue weighted by Gasteiger charge is 2.37. The molecule has 2 rings (SSSR count). The largest absolute Gasteiger partial charge is 0.481 e. The van der Waals surface area contributed by atoms with Gasteiger partial charge in [0.1, 0.15) is 0 Å². The number of carbonyl (C=O) groups excluding carboxylic acids is 1. The van der Waals surface area contributed by atoms with Gasteiger partial charge < -0.3 is 15.3 Å². The topological polar surface area (TPSA) is 88.0 Å². The Hall–Kier alpha value is -2.37. The van der Waals surface area contributed by atoms with Crippen LogP contribution in [0, 0.1) is 5.41 Å². The fraction of sp³-hybridized carbons (Fsp3) is 0.471. The maximum absolute atomic E-state index is 12.2. The van der Waals surface area contributed by atoms with E-state index in [2.05, 4.69) is 10.5 Å². The van der Waals surface area contributed by atoms with Crippen LogP contribution in [0.25, 0.3) is 0 Å². The number of carboxylic acids is 1. The van der Waals surface area contributed by atoms with Crippen molar-refractivity contribution in [2.45, 2.75) is 39.2 Å². The lowest BCUT2D eigenvalue weighted by Gasteiger charge is -2.27. The Balaban J connectivity index is 1.92. The molecule has 23 heavy (non-hydrogen) atoms. The number of carboxylic acid groups (broad SMARTS) is 1. The highest BCUT2D eigenvalue weighted by atomic mass is 16.6. The molecule has 6 nitrogen and oxygen atoms in total. The van der Waals surface area contributed by atoms with Crippen LogP contribution in [-0.4, -0.2) is 35.3 Å². The van der Waals surface area contributed by atoms with Crippen molar-refractivity contribution in [3.63, 3.8) is 0 Å². The van der Waals surface area contributed by atoms with Crippen molar-refractivity contribution < 1.29 is 19.5 Å². The zero-order valence-electron chi connectivity index (χ0n) is 13.4. The van der Waals surface area contributed by atoms with Crippen LogP contribution in [0.15, 0.2) is 35.5 Å². The number of rotatable bonds is 7. The number of nitrogens with one attached hydrogen (secondary N) is 1. The van der Waals surface area contributed by atoms with E-state index in [1.54, 1.807) is 0 Å². The third-order valence-corrected chi connectivity index (χ3v) is 4.48. The van der Waals surface area contributed by atoms with Crippen LogP contribution in [0.1, 0.15) is 38.7 Å². The molecule has 0 aliphatic carbocycles. The molecule has 2 N–H and O–H groups in total. The van der Waals surface area contributed by atoms with Crippen LogP contribution >= 0.6 is 0 Å². The van der Waals surface area contributed by atoms with Crippen molar-refractivity contribution in [2.24, 2.45) is 10.6 Å². The SMILES string of the molecule is CCC(CC)(CNC(=O)C1CC(c2ccccc2)=NO1)C(=O)O. The lowest BCUT2D eigenvalue weighted by Crippen LogP contribution is -2.45. The smallest absolute Gasteiger partial charge is 0.311 e. The van der Waals surface area contributed by atoms with Crippen LogP contribution < -0.4 is 5.32 Å². The van der Waals surface area contributed by atoms with Gasteiger partial charge in [0, 0.05) is 13.0 Å². The summed E-state index contributed by atoms with van der Waals surface area (Å²) in [6.45, 7) is 3.72. The molecule has 0 fully saturated rings. The fourth-order valence-corrected chi connectivity index (χ4v) is 2.57. The van der Waals surface area contributed by atoms with E-state index < -0.39 is 17.5 Å². The first-order valence-electron chi connectivity index (χ1n) is 7.81. The van der Waals surface area contributed by atoms with Crippen molar-refractivity contribution in [3.8, 4) is 0 Å². The first-order chi connectivity index (χ1) is 11.0. The standard InChI is InChI=1S/C17H22N2O4/c1-3-17(4-2,16(21)22)11-18-15(20)14-10-13(19-23-14)12-8-6-5-7-9-12/h5-9,14H,3-4,10-11H2,1-2H3,(H,18,20)(H,21,22). The number of oxime groups is 1. The van der Waals surface area contributed by atoms with E-state index >= 15 is 0 Å². The molecule has 1 aliphatic rings. The molecule has 0 saturated carbocycles. The Bertz CT molecular complexity index is 594. The lowest BCUT2D eigenvalue weighted by molar-refractivity contribution is -0.149. The summed E-state index contributed by atoms with van der Waals surface area (Å²) in [7, 11) is 0. The summed E-state index contributed by atoms with van der Waals surface area (Å²) in [6.07, 6.45) is 0.589. The van der Waals surface area contributed by atoms with Gasteiger partial charge in [0.25, 0.3) is 5.91 Å². The minimum Gasteiger partial charge on any atom is -0.481 e. The Kier molecular flexibility index (Phi) is 5.36. The Morgan fingerprint density at radius 3 is 2.52 bits per heavy atom. The fourth-order valence-electron chi connectivity index (χ4n) is 2.57. The van der Waals surface area contributed by atoms with Crippen LogP contribution in [0.5, 0.6) is 0 Å². The lowest BCUT2D eigenvalue weighted by atomic mass is 9.82. The number of aliphatic carboxylic acids is 1. The second-order valence-electron chi connectivity index (χ2n) is 5.71. The molecule has 1 aromatic rings. The van der Waals surface area contributed by atoms with Crippen LogP contribution in [0.2, 0.25) is 0 Å². The van der Waals surface area contributed by atoms with Crippen molar-refractivity contribution in [1.82, 2.24) is 5.32 Å². The molecular formula is C17H22N2O4. The molecule has 1 unspecified atom stereocenters. The average molecular weight is 318 g/mol. The Labute approximate surface area is 135 Å². The van der Waals surface area contributed by atoms with Gasteiger partial charge in [0.05, 0.1) is 11.1 Å². The van der Waals surface area contributed by atoms with Gasteiger partial charge in [-0.15, -0.1) is 0 Å². The molecule has 6 heteroatoms. The van der Waals surface area contributed by atoms with Gasteiger partial charge >= 0.3 is 5.97 Å². The van der Waals surface area contributed by atoms with E-state index in [4.69, 9.17) is 4.84 Å². The predicted octanol–water partition coefficient (Wildman–Crippen LogP) is 2.19. The number of amides is 1. The third-order valence-electron chi connectivity index (χ3n) is 4.48. The highest BCUT2D eigenvalue weighted by Crippen LogP contribution is 2.26. The van der Waals surface area contributed by atoms with Gasteiger partial charge in [0.2, 0.25) is 6.10 Å². The number of carbonyl (C=O) groups is 2. The quantitative estimate of drug-likeness (QED) is 0.806. The maximum atomic E-state index is 12.2. The average Bonchev–Trinajstić information content (AvgIpc) is 3.06. The van der Waals surface area contributed by atoms with Gasteiger partial charge in [-0.1, -0.05) is 49.3 Å². The van der Waals surface area contributed by atoms with E-state index in [0.29, 0.717) is 19.3 Å². The van der Waals surface area contributed by atoms with E-state index in [1.165, 1.54) is 0 Å². The minimum atomic E-state index is -0.933. The summed E-state index contributed by atoms with van der Waals surface area (Å²) in [6, 6.07) is 9.52. The highest BCUT2D eigenvalue weighted by molar-refractivity contribution is 6.04. The first kappa shape index (κ1) is 17.0. The van der Waals surface area contributed by atoms with Crippen molar-refractivity contribution >= 4 is 17.6 Å². The number of benzene rings is 1. The van der Waals surface area contributed by atoms with Gasteiger partial charge in [0.15, 0.2) is 0 Å². The predicted molar refractivity (Wildman–Crippen MR) is 86.1 cm³/mol. The van der Waals surface area contributed by atoms with Gasteiger partial charge in [-0.3, -0.25) is 9.59 Å². The second kappa shape index (κ2) is 7.26. The molecule has 1 aromatic carbocycles. The summed E-state index contributed by atoms with van der Waals surface area (Å²) >= 11 is 0. The number of hydrogen-bond acceptors (Lipinski definition) is 4. The van der Waals surface area contributed by atoms with Gasteiger partial charge in [-0.2, -0.15) is 0 Å². The van der Waals surface area contributed by atoms with Crippen molar-refractivity contribution in [3.05, 3.63) is 35.9 Å². The van der Waals surface area contributed by atoms with E-state index in [0.717, 1.165) is 11.3 Å². The van der Waals surface area contributed by atoms with Crippen LogP contribution in [0.4, 0.5) is 0 Å². The molecule has 124 valence electrons. The molecule has 1 atom stereocenters. The summed E-state index contributed by atoms with van der Waals surface area (Å²) in [5.74, 6) is -1.22. The minimum absolute atomic E-state index is 0.0920. The first-order valence-corrected chi connectivity index (χ1v) is 7.81. The molecule has 0 radical (unpaired) electrons. The van der Waals surface area contributed by atoms with Crippen molar-refractivity contribution in [1.29, 1.82) is 0 Å². The zero-order chi connectivity index (χ0) is 16.9. The molecule has 1 amide bonds. The summed E-state index contributed by atoms with van der Waals surface area (Å²) in [5, 5.41) is 16.1. The van der Waals surface area contributed by atoms with Gasteiger partial charge in [-0.05, 0) is 18.4 Å². The number of nitrogens with zero attached hydrogens (tertiary/aromatic N) is 1. The Morgan fingerprint density at radius 1 is 1.30 bits per heavy atom. The van der Waals surface area contributed by atoms with Crippen LogP contribution in [-0.2, 0) is 14.4 Å². The molecule has 1 aliphatic heterocycles. The molecule has 0 bridgehead atoms. The summed E-state index contributed by atoms with van der Waals surface area (Å²) in [5.41, 5.74) is 0.711. The Morgan fingerprint density at radius 2 is 1.96 bits per heavy atom. The summed E-state index contributed by atoms with van der Waals surface area (Å²) < 4.78 is 0. The monoisotopic (exact) mass is 318 g/mol.